The second kappa shape index (κ2) is 9.18. The van der Waals surface area contributed by atoms with Crippen LogP contribution in [0.25, 0.3) is 0 Å². The maximum atomic E-state index is 5.96. The second-order valence-electron chi connectivity index (χ2n) is 7.94. The third-order valence-electron chi connectivity index (χ3n) is 5.45. The van der Waals surface area contributed by atoms with Crippen molar-refractivity contribution in [3.8, 4) is 5.75 Å². The molecule has 1 fully saturated rings. The molecule has 1 aliphatic heterocycles. The molecule has 0 amide bonds. The van der Waals surface area contributed by atoms with Gasteiger partial charge in [0.15, 0.2) is 0 Å². The molecule has 3 heteroatoms. The van der Waals surface area contributed by atoms with Crippen LogP contribution in [0.4, 0.5) is 0 Å². The summed E-state index contributed by atoms with van der Waals surface area (Å²) < 4.78 is 11.6. The van der Waals surface area contributed by atoms with E-state index in [1.807, 2.05) is 30.5 Å². The van der Waals surface area contributed by atoms with E-state index in [1.165, 1.54) is 5.56 Å². The molecule has 1 heterocycles. The summed E-state index contributed by atoms with van der Waals surface area (Å²) in [6.07, 6.45) is 5.16. The van der Waals surface area contributed by atoms with Crippen LogP contribution < -0.4 is 4.74 Å². The van der Waals surface area contributed by atoms with Crippen LogP contribution in [0.5, 0.6) is 5.75 Å². The maximum Gasteiger partial charge on any atom is 0.122 e. The van der Waals surface area contributed by atoms with Gasteiger partial charge in [-0.25, -0.2) is 0 Å². The number of benzene rings is 2. The Hall–Kier alpha value is -2.13. The molecule has 2 aromatic rings. The zero-order chi connectivity index (χ0) is 19.1. The number of rotatable bonds is 7. The predicted molar refractivity (Wildman–Crippen MR) is 112 cm³/mol. The predicted octanol–water partition coefficient (Wildman–Crippen LogP) is 5.49. The molecule has 1 saturated heterocycles. The Bertz CT molecular complexity index is 739. The number of methoxy groups -OCH3 is 1. The van der Waals surface area contributed by atoms with Gasteiger partial charge in [-0.1, -0.05) is 48.5 Å². The lowest BCUT2D eigenvalue weighted by molar-refractivity contribution is -0.0771. The van der Waals surface area contributed by atoms with E-state index >= 15 is 0 Å². The number of ether oxygens (including phenoxy) is 2. The van der Waals surface area contributed by atoms with Gasteiger partial charge in [-0.15, -0.1) is 0 Å². The quantitative estimate of drug-likeness (QED) is 0.607. The largest absolute Gasteiger partial charge is 0.496 e. The van der Waals surface area contributed by atoms with Crippen molar-refractivity contribution in [2.75, 3.05) is 20.3 Å². The molecular weight excluding hydrogens is 334 g/mol. The van der Waals surface area contributed by atoms with Gasteiger partial charge in [-0.05, 0) is 62.1 Å². The summed E-state index contributed by atoms with van der Waals surface area (Å²) >= 11 is 0. The average molecular weight is 366 g/mol. The van der Waals surface area contributed by atoms with E-state index in [0.717, 1.165) is 43.7 Å². The van der Waals surface area contributed by atoms with Gasteiger partial charge < -0.3 is 9.47 Å². The zero-order valence-corrected chi connectivity index (χ0v) is 16.7. The van der Waals surface area contributed by atoms with Gasteiger partial charge in [-0.3, -0.25) is 4.99 Å². The third-order valence-corrected chi connectivity index (χ3v) is 5.45. The van der Waals surface area contributed by atoms with Crippen LogP contribution in [0.2, 0.25) is 0 Å². The van der Waals surface area contributed by atoms with Crippen LogP contribution in [-0.2, 0) is 4.74 Å². The molecule has 1 aliphatic rings. The Balaban J connectivity index is 1.76. The SMILES string of the molecule is COc1ccccc1[C@H](CCN=Cc1ccccc1)[C@@H]1CCOC(C)(C)C1. The van der Waals surface area contributed by atoms with Crippen molar-refractivity contribution in [3.63, 3.8) is 0 Å². The van der Waals surface area contributed by atoms with E-state index in [9.17, 15) is 0 Å². The van der Waals surface area contributed by atoms with E-state index in [1.54, 1.807) is 7.11 Å². The van der Waals surface area contributed by atoms with Crippen molar-refractivity contribution in [3.05, 3.63) is 65.7 Å². The van der Waals surface area contributed by atoms with Crippen molar-refractivity contribution in [1.29, 1.82) is 0 Å². The van der Waals surface area contributed by atoms with Gasteiger partial charge in [0.2, 0.25) is 0 Å². The van der Waals surface area contributed by atoms with Gasteiger partial charge in [-0.2, -0.15) is 0 Å². The van der Waals surface area contributed by atoms with E-state index in [0.29, 0.717) is 11.8 Å². The summed E-state index contributed by atoms with van der Waals surface area (Å²) in [6.45, 7) is 6.05. The first-order valence-electron chi connectivity index (χ1n) is 9.91. The summed E-state index contributed by atoms with van der Waals surface area (Å²) in [5, 5.41) is 0. The van der Waals surface area contributed by atoms with Crippen LogP contribution >= 0.6 is 0 Å². The topological polar surface area (TPSA) is 30.8 Å². The van der Waals surface area contributed by atoms with Crippen molar-refractivity contribution >= 4 is 6.21 Å². The second-order valence-corrected chi connectivity index (χ2v) is 7.94. The van der Waals surface area contributed by atoms with Gasteiger partial charge in [0.05, 0.1) is 12.7 Å². The molecular formula is C24H31NO2. The Morgan fingerprint density at radius 1 is 1.15 bits per heavy atom. The molecule has 0 bridgehead atoms. The van der Waals surface area contributed by atoms with Crippen molar-refractivity contribution in [2.45, 2.75) is 44.6 Å². The highest BCUT2D eigenvalue weighted by molar-refractivity contribution is 5.79. The highest BCUT2D eigenvalue weighted by Gasteiger charge is 2.34. The lowest BCUT2D eigenvalue weighted by atomic mass is 9.75. The Labute approximate surface area is 163 Å². The number of nitrogens with zero attached hydrogens (tertiary/aromatic N) is 1. The fourth-order valence-electron chi connectivity index (χ4n) is 4.16. The molecule has 3 nitrogen and oxygen atoms in total. The number of para-hydroxylation sites is 1. The fourth-order valence-corrected chi connectivity index (χ4v) is 4.16. The van der Waals surface area contributed by atoms with Crippen LogP contribution in [0.15, 0.2) is 59.6 Å². The number of aliphatic imine (C=N–C) groups is 1. The average Bonchev–Trinajstić information content (AvgIpc) is 2.68. The van der Waals surface area contributed by atoms with Crippen LogP contribution in [0.1, 0.15) is 50.2 Å². The molecule has 144 valence electrons. The summed E-state index contributed by atoms with van der Waals surface area (Å²) in [4.78, 5) is 4.70. The summed E-state index contributed by atoms with van der Waals surface area (Å²) in [5.41, 5.74) is 2.40. The van der Waals surface area contributed by atoms with Crippen molar-refractivity contribution in [1.82, 2.24) is 0 Å². The van der Waals surface area contributed by atoms with Crippen LogP contribution in [0.3, 0.4) is 0 Å². The van der Waals surface area contributed by atoms with Crippen LogP contribution in [-0.4, -0.2) is 32.1 Å². The lowest BCUT2D eigenvalue weighted by Crippen LogP contribution is -2.36. The minimum Gasteiger partial charge on any atom is -0.496 e. The molecule has 0 aliphatic carbocycles. The third kappa shape index (κ3) is 5.43. The molecule has 0 spiro atoms. The van der Waals surface area contributed by atoms with E-state index < -0.39 is 0 Å². The minimum atomic E-state index is -0.0590. The summed E-state index contributed by atoms with van der Waals surface area (Å²) in [6, 6.07) is 18.7. The molecule has 0 N–H and O–H groups in total. The standard InChI is InChI=1S/C24H31NO2/c1-24(2)17-20(14-16-27-24)21(22-11-7-8-12-23(22)26-3)13-15-25-18-19-9-5-4-6-10-19/h4-12,18,20-21H,13-17H2,1-3H3/t20-,21-/m1/s1. The molecule has 3 rings (SSSR count). The highest BCUT2D eigenvalue weighted by atomic mass is 16.5. The van der Waals surface area contributed by atoms with Gasteiger partial charge in [0.25, 0.3) is 0 Å². The number of hydrogen-bond acceptors (Lipinski definition) is 3. The first-order valence-corrected chi connectivity index (χ1v) is 9.91. The first kappa shape index (κ1) is 19.6. The highest BCUT2D eigenvalue weighted by Crippen LogP contribution is 2.42. The Morgan fingerprint density at radius 3 is 2.63 bits per heavy atom. The minimum absolute atomic E-state index is 0.0590. The van der Waals surface area contributed by atoms with Crippen molar-refractivity contribution < 1.29 is 9.47 Å². The molecule has 0 unspecified atom stereocenters. The summed E-state index contributed by atoms with van der Waals surface area (Å²) in [5.74, 6) is 1.99. The van der Waals surface area contributed by atoms with Crippen LogP contribution in [0, 0.1) is 5.92 Å². The van der Waals surface area contributed by atoms with E-state index in [4.69, 9.17) is 14.5 Å². The number of hydrogen-bond donors (Lipinski definition) is 0. The first-order chi connectivity index (χ1) is 13.1. The molecule has 27 heavy (non-hydrogen) atoms. The van der Waals surface area contributed by atoms with Gasteiger partial charge in [0.1, 0.15) is 5.75 Å². The molecule has 0 radical (unpaired) electrons. The molecule has 2 aromatic carbocycles. The Kier molecular flexibility index (Phi) is 6.68. The van der Waals surface area contributed by atoms with E-state index in [2.05, 4.69) is 44.2 Å². The van der Waals surface area contributed by atoms with Crippen molar-refractivity contribution in [2.24, 2.45) is 10.9 Å². The smallest absolute Gasteiger partial charge is 0.122 e. The normalized spacial score (nSPS) is 20.5. The lowest BCUT2D eigenvalue weighted by Gasteiger charge is -2.39. The monoisotopic (exact) mass is 365 g/mol. The zero-order valence-electron chi connectivity index (χ0n) is 16.7. The molecule has 0 saturated carbocycles. The van der Waals surface area contributed by atoms with Gasteiger partial charge in [0, 0.05) is 19.4 Å². The van der Waals surface area contributed by atoms with E-state index in [-0.39, 0.29) is 5.60 Å². The maximum absolute atomic E-state index is 5.96. The van der Waals surface area contributed by atoms with Gasteiger partial charge >= 0.3 is 0 Å². The molecule has 2 atom stereocenters. The fraction of sp³-hybridized carbons (Fsp3) is 0.458. The Morgan fingerprint density at radius 2 is 1.89 bits per heavy atom. The summed E-state index contributed by atoms with van der Waals surface area (Å²) in [7, 11) is 1.76. The molecule has 0 aromatic heterocycles.